The van der Waals surface area contributed by atoms with E-state index in [1.807, 2.05) is 18.2 Å². The molecule has 0 bridgehead atoms. The molecule has 0 saturated carbocycles. The summed E-state index contributed by atoms with van der Waals surface area (Å²) in [4.78, 5) is 2.27. The second-order valence-corrected chi connectivity index (χ2v) is 8.22. The van der Waals surface area contributed by atoms with E-state index in [4.69, 9.17) is 10.5 Å². The number of sulfone groups is 1. The Morgan fingerprint density at radius 1 is 1.29 bits per heavy atom. The molecule has 2 unspecified atom stereocenters. The number of benzene rings is 1. The summed E-state index contributed by atoms with van der Waals surface area (Å²) < 4.78 is 28.8. The minimum absolute atomic E-state index is 0.131. The molecule has 0 spiro atoms. The van der Waals surface area contributed by atoms with Crippen LogP contribution < -0.4 is 15.4 Å². The van der Waals surface area contributed by atoms with Crippen LogP contribution >= 0.6 is 0 Å². The third-order valence-electron chi connectivity index (χ3n) is 4.13. The van der Waals surface area contributed by atoms with Gasteiger partial charge >= 0.3 is 0 Å². The molecule has 1 aromatic rings. The van der Waals surface area contributed by atoms with Gasteiger partial charge < -0.3 is 15.4 Å². The SMILES string of the molecule is NC1CCCN(c2cccc(OC3CCS(=O)(=O)C3)c2)C1. The highest BCUT2D eigenvalue weighted by molar-refractivity contribution is 7.91. The Morgan fingerprint density at radius 3 is 2.86 bits per heavy atom. The van der Waals surface area contributed by atoms with Gasteiger partial charge in [-0.15, -0.1) is 0 Å². The van der Waals surface area contributed by atoms with Gasteiger partial charge in [-0.05, 0) is 31.4 Å². The van der Waals surface area contributed by atoms with Gasteiger partial charge in [0.2, 0.25) is 0 Å². The standard InChI is InChI=1S/C15H22N2O3S/c16-12-3-2-7-17(10-12)13-4-1-5-14(9-13)20-15-6-8-21(18,19)11-15/h1,4-5,9,12,15H,2-3,6-8,10-11,16H2. The average molecular weight is 310 g/mol. The molecule has 6 heteroatoms. The molecule has 5 nitrogen and oxygen atoms in total. The van der Waals surface area contributed by atoms with Crippen molar-refractivity contribution in [3.8, 4) is 5.75 Å². The second kappa shape index (κ2) is 5.85. The number of hydrogen-bond donors (Lipinski definition) is 1. The van der Waals surface area contributed by atoms with E-state index < -0.39 is 9.84 Å². The van der Waals surface area contributed by atoms with Gasteiger partial charge in [0.15, 0.2) is 9.84 Å². The molecule has 2 fully saturated rings. The molecule has 2 heterocycles. The van der Waals surface area contributed by atoms with Crippen molar-refractivity contribution in [1.82, 2.24) is 0 Å². The predicted octanol–water partition coefficient (Wildman–Crippen LogP) is 1.18. The first-order valence-corrected chi connectivity index (χ1v) is 9.32. The number of anilines is 1. The number of rotatable bonds is 3. The Kier molecular flexibility index (Phi) is 4.08. The zero-order chi connectivity index (χ0) is 14.9. The van der Waals surface area contributed by atoms with Crippen molar-refractivity contribution >= 4 is 15.5 Å². The van der Waals surface area contributed by atoms with Crippen LogP contribution in [0.2, 0.25) is 0 Å². The fourth-order valence-electron chi connectivity index (χ4n) is 3.04. The van der Waals surface area contributed by atoms with Crippen molar-refractivity contribution in [2.24, 2.45) is 5.73 Å². The van der Waals surface area contributed by atoms with Crippen molar-refractivity contribution in [1.29, 1.82) is 0 Å². The molecular weight excluding hydrogens is 288 g/mol. The molecule has 3 rings (SSSR count). The highest BCUT2D eigenvalue weighted by Gasteiger charge is 2.29. The molecule has 21 heavy (non-hydrogen) atoms. The largest absolute Gasteiger partial charge is 0.489 e. The topological polar surface area (TPSA) is 72.6 Å². The molecule has 116 valence electrons. The molecule has 2 atom stereocenters. The van der Waals surface area contributed by atoms with Gasteiger partial charge in [-0.25, -0.2) is 8.42 Å². The van der Waals surface area contributed by atoms with Gasteiger partial charge in [-0.1, -0.05) is 6.07 Å². The lowest BCUT2D eigenvalue weighted by atomic mass is 10.1. The number of nitrogens with two attached hydrogens (primary N) is 1. The first kappa shape index (κ1) is 14.7. The Labute approximate surface area is 126 Å². The summed E-state index contributed by atoms with van der Waals surface area (Å²) in [6.07, 6.45) is 2.55. The van der Waals surface area contributed by atoms with E-state index in [-0.39, 0.29) is 23.7 Å². The molecule has 2 aliphatic heterocycles. The van der Waals surface area contributed by atoms with E-state index in [0.717, 1.165) is 37.4 Å². The van der Waals surface area contributed by atoms with Crippen molar-refractivity contribution in [3.63, 3.8) is 0 Å². The molecule has 1 aromatic carbocycles. The van der Waals surface area contributed by atoms with Crippen LogP contribution in [0.15, 0.2) is 24.3 Å². The maximum Gasteiger partial charge on any atom is 0.154 e. The molecule has 0 aromatic heterocycles. The van der Waals surface area contributed by atoms with E-state index >= 15 is 0 Å². The lowest BCUT2D eigenvalue weighted by Crippen LogP contribution is -2.42. The second-order valence-electron chi connectivity index (χ2n) is 5.99. The zero-order valence-corrected chi connectivity index (χ0v) is 12.9. The van der Waals surface area contributed by atoms with Gasteiger partial charge in [0, 0.05) is 30.9 Å². The maximum absolute atomic E-state index is 11.5. The van der Waals surface area contributed by atoms with Gasteiger partial charge in [0.1, 0.15) is 11.9 Å². The van der Waals surface area contributed by atoms with Crippen molar-refractivity contribution < 1.29 is 13.2 Å². The van der Waals surface area contributed by atoms with Gasteiger partial charge in [0.05, 0.1) is 11.5 Å². The van der Waals surface area contributed by atoms with Gasteiger partial charge in [-0.3, -0.25) is 0 Å². The van der Waals surface area contributed by atoms with Crippen LogP contribution in [-0.4, -0.2) is 45.2 Å². The average Bonchev–Trinajstić information content (AvgIpc) is 2.78. The smallest absolute Gasteiger partial charge is 0.154 e. The Bertz CT molecular complexity index is 603. The van der Waals surface area contributed by atoms with Gasteiger partial charge in [-0.2, -0.15) is 0 Å². The molecule has 0 aliphatic carbocycles. The Balaban J connectivity index is 1.68. The lowest BCUT2D eigenvalue weighted by molar-refractivity contribution is 0.229. The van der Waals surface area contributed by atoms with Crippen LogP contribution in [0.3, 0.4) is 0 Å². The summed E-state index contributed by atoms with van der Waals surface area (Å²) in [6.45, 7) is 1.87. The monoisotopic (exact) mass is 310 g/mol. The maximum atomic E-state index is 11.5. The predicted molar refractivity (Wildman–Crippen MR) is 83.6 cm³/mol. The fourth-order valence-corrected chi connectivity index (χ4v) is 4.63. The van der Waals surface area contributed by atoms with Crippen LogP contribution in [0.5, 0.6) is 5.75 Å². The minimum Gasteiger partial charge on any atom is -0.489 e. The number of ether oxygens (including phenoxy) is 1. The summed E-state index contributed by atoms with van der Waals surface area (Å²) in [5, 5.41) is 0. The summed E-state index contributed by atoms with van der Waals surface area (Å²) in [5.41, 5.74) is 7.12. The van der Waals surface area contributed by atoms with E-state index in [1.165, 1.54) is 0 Å². The summed E-state index contributed by atoms with van der Waals surface area (Å²) in [5.74, 6) is 1.11. The number of hydrogen-bond acceptors (Lipinski definition) is 5. The molecule has 2 saturated heterocycles. The van der Waals surface area contributed by atoms with Gasteiger partial charge in [0.25, 0.3) is 0 Å². The quantitative estimate of drug-likeness (QED) is 0.907. The van der Waals surface area contributed by atoms with E-state index in [2.05, 4.69) is 11.0 Å². The zero-order valence-electron chi connectivity index (χ0n) is 12.1. The molecular formula is C15H22N2O3S. The van der Waals surface area contributed by atoms with Crippen LogP contribution in [0.25, 0.3) is 0 Å². The molecule has 2 N–H and O–H groups in total. The van der Waals surface area contributed by atoms with Crippen LogP contribution in [0.4, 0.5) is 5.69 Å². The normalized spacial score (nSPS) is 28.5. The van der Waals surface area contributed by atoms with Crippen LogP contribution in [-0.2, 0) is 9.84 Å². The minimum atomic E-state index is -2.91. The van der Waals surface area contributed by atoms with E-state index in [1.54, 1.807) is 0 Å². The molecule has 0 amide bonds. The van der Waals surface area contributed by atoms with Crippen molar-refractivity contribution in [3.05, 3.63) is 24.3 Å². The fraction of sp³-hybridized carbons (Fsp3) is 0.600. The third-order valence-corrected chi connectivity index (χ3v) is 5.87. The lowest BCUT2D eigenvalue weighted by Gasteiger charge is -2.32. The van der Waals surface area contributed by atoms with Crippen molar-refractivity contribution in [2.45, 2.75) is 31.4 Å². The van der Waals surface area contributed by atoms with E-state index in [0.29, 0.717) is 6.42 Å². The van der Waals surface area contributed by atoms with Crippen molar-refractivity contribution in [2.75, 3.05) is 29.5 Å². The first-order chi connectivity index (χ1) is 10.0. The summed E-state index contributed by atoms with van der Waals surface area (Å²) in [6, 6.07) is 8.11. The Morgan fingerprint density at radius 2 is 2.14 bits per heavy atom. The Hall–Kier alpha value is -1.27. The highest BCUT2D eigenvalue weighted by Crippen LogP contribution is 2.26. The molecule has 0 radical (unpaired) electrons. The first-order valence-electron chi connectivity index (χ1n) is 7.49. The summed E-state index contributed by atoms with van der Waals surface area (Å²) >= 11 is 0. The number of piperidine rings is 1. The van der Waals surface area contributed by atoms with Crippen LogP contribution in [0, 0.1) is 0 Å². The number of nitrogens with zero attached hydrogens (tertiary/aromatic N) is 1. The molecule has 2 aliphatic rings. The highest BCUT2D eigenvalue weighted by atomic mass is 32.2. The third kappa shape index (κ3) is 3.68. The van der Waals surface area contributed by atoms with Crippen LogP contribution in [0.1, 0.15) is 19.3 Å². The summed E-state index contributed by atoms with van der Waals surface area (Å²) in [7, 11) is -2.91. The van der Waals surface area contributed by atoms with E-state index in [9.17, 15) is 8.42 Å².